The van der Waals surface area contributed by atoms with Gasteiger partial charge in [-0.05, 0) is 30.3 Å². The highest BCUT2D eigenvalue weighted by Gasteiger charge is 2.16. The smallest absolute Gasteiger partial charge is 0.339 e. The third kappa shape index (κ3) is 1.80. The Bertz CT molecular complexity index is 869. The van der Waals surface area contributed by atoms with Crippen molar-refractivity contribution in [2.45, 2.75) is 0 Å². The van der Waals surface area contributed by atoms with E-state index in [9.17, 15) is 9.90 Å². The van der Waals surface area contributed by atoms with Crippen LogP contribution in [0, 0.1) is 0 Å². The zero-order valence-electron chi connectivity index (χ0n) is 10.8. The van der Waals surface area contributed by atoms with Crippen molar-refractivity contribution in [2.75, 3.05) is 6.79 Å². The molecule has 0 atom stereocenters. The monoisotopic (exact) mass is 282 g/mol. The summed E-state index contributed by atoms with van der Waals surface area (Å²) in [4.78, 5) is 15.6. The van der Waals surface area contributed by atoms with Crippen LogP contribution in [0.15, 0.2) is 42.7 Å². The lowest BCUT2D eigenvalue weighted by atomic mass is 10.1. The third-order valence-electron chi connectivity index (χ3n) is 3.38. The molecule has 4 rings (SSSR count). The van der Waals surface area contributed by atoms with Gasteiger partial charge in [0.1, 0.15) is 5.56 Å². The minimum Gasteiger partial charge on any atom is -0.478 e. The number of rotatable bonds is 2. The van der Waals surface area contributed by atoms with E-state index in [1.165, 1.54) is 6.07 Å². The first-order chi connectivity index (χ1) is 10.2. The molecule has 6 nitrogen and oxygen atoms in total. The molecule has 0 spiro atoms. The molecule has 0 fully saturated rings. The summed E-state index contributed by atoms with van der Waals surface area (Å²) in [5, 5.41) is 9.20. The van der Waals surface area contributed by atoms with E-state index >= 15 is 0 Å². The van der Waals surface area contributed by atoms with Crippen LogP contribution in [0.1, 0.15) is 10.4 Å². The number of benzene rings is 1. The SMILES string of the molecule is O=C(O)c1cccn2cc(-c3ccc4c(c3)OCO4)nc12. The average molecular weight is 282 g/mol. The number of nitrogens with zero attached hydrogens (tertiary/aromatic N) is 2. The molecule has 0 radical (unpaired) electrons. The lowest BCUT2D eigenvalue weighted by Crippen LogP contribution is -1.99. The number of ether oxygens (including phenoxy) is 2. The van der Waals surface area contributed by atoms with Crippen molar-refractivity contribution in [3.05, 3.63) is 48.3 Å². The Hall–Kier alpha value is -3.02. The van der Waals surface area contributed by atoms with Gasteiger partial charge in [-0.1, -0.05) is 0 Å². The minimum absolute atomic E-state index is 0.171. The first kappa shape index (κ1) is 11.8. The number of imidazole rings is 1. The van der Waals surface area contributed by atoms with Gasteiger partial charge in [0.05, 0.1) is 5.69 Å². The fourth-order valence-corrected chi connectivity index (χ4v) is 2.37. The van der Waals surface area contributed by atoms with Crippen LogP contribution in [-0.4, -0.2) is 27.3 Å². The lowest BCUT2D eigenvalue weighted by Gasteiger charge is -1.98. The second kappa shape index (κ2) is 4.24. The molecule has 0 amide bonds. The van der Waals surface area contributed by atoms with E-state index in [2.05, 4.69) is 4.98 Å². The van der Waals surface area contributed by atoms with E-state index in [4.69, 9.17) is 9.47 Å². The van der Waals surface area contributed by atoms with Gasteiger partial charge in [0.15, 0.2) is 17.1 Å². The Morgan fingerprint density at radius 3 is 2.95 bits per heavy atom. The quantitative estimate of drug-likeness (QED) is 0.781. The first-order valence-corrected chi connectivity index (χ1v) is 6.33. The highest BCUT2D eigenvalue weighted by Crippen LogP contribution is 2.35. The molecular weight excluding hydrogens is 272 g/mol. The van der Waals surface area contributed by atoms with Gasteiger partial charge in [-0.2, -0.15) is 0 Å². The number of carbonyl (C=O) groups is 1. The zero-order chi connectivity index (χ0) is 14.4. The number of carboxylic acid groups (broad SMARTS) is 1. The van der Waals surface area contributed by atoms with Crippen molar-refractivity contribution in [3.8, 4) is 22.8 Å². The van der Waals surface area contributed by atoms with Gasteiger partial charge in [-0.3, -0.25) is 0 Å². The van der Waals surface area contributed by atoms with Gasteiger partial charge in [0.2, 0.25) is 6.79 Å². The summed E-state index contributed by atoms with van der Waals surface area (Å²) in [7, 11) is 0. The highest BCUT2D eigenvalue weighted by molar-refractivity contribution is 5.94. The van der Waals surface area contributed by atoms with Crippen molar-refractivity contribution in [3.63, 3.8) is 0 Å². The average Bonchev–Trinajstić information content (AvgIpc) is 3.11. The summed E-state index contributed by atoms with van der Waals surface area (Å²) in [6.07, 6.45) is 3.56. The van der Waals surface area contributed by atoms with Crippen molar-refractivity contribution in [2.24, 2.45) is 0 Å². The molecule has 1 aromatic carbocycles. The summed E-state index contributed by atoms with van der Waals surface area (Å²) in [6, 6.07) is 8.75. The van der Waals surface area contributed by atoms with E-state index < -0.39 is 5.97 Å². The van der Waals surface area contributed by atoms with E-state index in [1.54, 1.807) is 22.9 Å². The van der Waals surface area contributed by atoms with E-state index in [1.807, 2.05) is 18.2 Å². The molecule has 3 aromatic rings. The van der Waals surface area contributed by atoms with Gasteiger partial charge >= 0.3 is 5.97 Å². The van der Waals surface area contributed by atoms with Crippen LogP contribution >= 0.6 is 0 Å². The summed E-state index contributed by atoms with van der Waals surface area (Å²) >= 11 is 0. The molecule has 21 heavy (non-hydrogen) atoms. The maximum absolute atomic E-state index is 11.2. The maximum atomic E-state index is 11.2. The van der Waals surface area contributed by atoms with E-state index in [0.29, 0.717) is 22.8 Å². The number of pyridine rings is 1. The van der Waals surface area contributed by atoms with Gasteiger partial charge in [0.25, 0.3) is 0 Å². The molecule has 0 aliphatic carbocycles. The lowest BCUT2D eigenvalue weighted by molar-refractivity contribution is 0.0698. The van der Waals surface area contributed by atoms with Crippen LogP contribution in [0.2, 0.25) is 0 Å². The van der Waals surface area contributed by atoms with Gasteiger partial charge in [-0.25, -0.2) is 9.78 Å². The first-order valence-electron chi connectivity index (χ1n) is 6.33. The molecule has 1 aliphatic heterocycles. The van der Waals surface area contributed by atoms with Crippen LogP contribution in [-0.2, 0) is 0 Å². The summed E-state index contributed by atoms with van der Waals surface area (Å²) in [5.41, 5.74) is 2.11. The van der Waals surface area contributed by atoms with Crippen molar-refractivity contribution in [1.29, 1.82) is 0 Å². The van der Waals surface area contributed by atoms with Gasteiger partial charge in [0, 0.05) is 18.0 Å². The zero-order valence-corrected chi connectivity index (χ0v) is 10.8. The maximum Gasteiger partial charge on any atom is 0.339 e. The molecular formula is C15H10N2O4. The molecule has 0 unspecified atom stereocenters. The molecule has 6 heteroatoms. The number of hydrogen-bond acceptors (Lipinski definition) is 4. The Kier molecular flexibility index (Phi) is 2.38. The highest BCUT2D eigenvalue weighted by atomic mass is 16.7. The Labute approximate surface area is 119 Å². The fraction of sp³-hybridized carbons (Fsp3) is 0.0667. The van der Waals surface area contributed by atoms with Crippen molar-refractivity contribution < 1.29 is 19.4 Å². The molecule has 2 aromatic heterocycles. The van der Waals surface area contributed by atoms with Gasteiger partial charge in [-0.15, -0.1) is 0 Å². The second-order valence-corrected chi connectivity index (χ2v) is 4.65. The normalized spacial score (nSPS) is 12.8. The topological polar surface area (TPSA) is 73.1 Å². The van der Waals surface area contributed by atoms with Crippen LogP contribution in [0.5, 0.6) is 11.5 Å². The Balaban J connectivity index is 1.87. The molecule has 1 aliphatic rings. The number of hydrogen-bond donors (Lipinski definition) is 1. The number of fused-ring (bicyclic) bond motifs is 2. The number of aromatic carboxylic acids is 1. The van der Waals surface area contributed by atoms with Crippen LogP contribution in [0.25, 0.3) is 16.9 Å². The second-order valence-electron chi connectivity index (χ2n) is 4.65. The molecule has 104 valence electrons. The van der Waals surface area contributed by atoms with Crippen molar-refractivity contribution in [1.82, 2.24) is 9.38 Å². The summed E-state index contributed by atoms with van der Waals surface area (Å²) in [5.74, 6) is 0.375. The molecule has 0 saturated heterocycles. The van der Waals surface area contributed by atoms with E-state index in [-0.39, 0.29) is 12.4 Å². The predicted molar refractivity (Wildman–Crippen MR) is 73.7 cm³/mol. The molecule has 3 heterocycles. The van der Waals surface area contributed by atoms with E-state index in [0.717, 1.165) is 5.56 Å². The Morgan fingerprint density at radius 2 is 2.10 bits per heavy atom. The molecule has 1 N–H and O–H groups in total. The Morgan fingerprint density at radius 1 is 1.24 bits per heavy atom. The molecule has 0 bridgehead atoms. The number of carboxylic acids is 1. The fourth-order valence-electron chi connectivity index (χ4n) is 2.37. The molecule has 0 saturated carbocycles. The predicted octanol–water partition coefficient (Wildman–Crippen LogP) is 2.43. The van der Waals surface area contributed by atoms with Gasteiger partial charge < -0.3 is 19.0 Å². The summed E-state index contributed by atoms with van der Waals surface area (Å²) in [6.45, 7) is 0.215. The largest absolute Gasteiger partial charge is 0.478 e. The summed E-state index contributed by atoms with van der Waals surface area (Å²) < 4.78 is 12.3. The van der Waals surface area contributed by atoms with Crippen LogP contribution in [0.4, 0.5) is 0 Å². The van der Waals surface area contributed by atoms with Crippen molar-refractivity contribution >= 4 is 11.6 Å². The third-order valence-corrected chi connectivity index (χ3v) is 3.38. The standard InChI is InChI=1S/C15H10N2O4/c18-15(19)10-2-1-5-17-7-11(16-14(10)17)9-3-4-12-13(6-9)21-8-20-12/h1-7H,8H2,(H,18,19). The number of aromatic nitrogens is 2. The minimum atomic E-state index is -0.997. The van der Waals surface area contributed by atoms with Crippen LogP contribution in [0.3, 0.4) is 0 Å². The van der Waals surface area contributed by atoms with Crippen LogP contribution < -0.4 is 9.47 Å².